The smallest absolute Gasteiger partial charge is 0.358 e. The molecule has 80 valence electrons. The van der Waals surface area contributed by atoms with Gasteiger partial charge in [0, 0.05) is 13.0 Å². The number of aromatic nitrogens is 1. The van der Waals surface area contributed by atoms with E-state index in [-0.39, 0.29) is 17.6 Å². The van der Waals surface area contributed by atoms with Gasteiger partial charge in [0.2, 0.25) is 5.91 Å². The summed E-state index contributed by atoms with van der Waals surface area (Å²) in [5.74, 6) is -0.596. The first-order chi connectivity index (χ1) is 7.02. The maximum Gasteiger partial charge on any atom is 0.365 e. The van der Waals surface area contributed by atoms with Gasteiger partial charge in [0.05, 0.1) is 17.6 Å². The van der Waals surface area contributed by atoms with Gasteiger partial charge in [-0.25, -0.2) is 0 Å². The van der Waals surface area contributed by atoms with Crippen LogP contribution in [0.1, 0.15) is 12.6 Å². The fourth-order valence-electron chi connectivity index (χ4n) is 1.01. The van der Waals surface area contributed by atoms with Crippen molar-refractivity contribution in [2.75, 3.05) is 5.32 Å². The van der Waals surface area contributed by atoms with E-state index in [4.69, 9.17) is 11.6 Å². The molecule has 0 unspecified atom stereocenters. The van der Waals surface area contributed by atoms with Gasteiger partial charge in [0.15, 0.2) is 5.69 Å². The molecule has 1 amide bonds. The molecule has 1 aromatic heterocycles. The lowest BCUT2D eigenvalue weighted by Gasteiger charge is -2.01. The number of pyridine rings is 1. The molecular weight excluding hydrogens is 222 g/mol. The molecule has 7 heteroatoms. The summed E-state index contributed by atoms with van der Waals surface area (Å²) in [4.78, 5) is 24.3. The van der Waals surface area contributed by atoms with E-state index in [2.05, 4.69) is 10.3 Å². The molecule has 0 bridgehead atoms. The Kier molecular flexibility index (Phi) is 3.56. The number of halogens is 1. The summed E-state index contributed by atoms with van der Waals surface area (Å²) in [6.45, 7) is 1.31. The molecule has 0 aromatic carbocycles. The summed E-state index contributed by atoms with van der Waals surface area (Å²) >= 11 is 5.51. The van der Waals surface area contributed by atoms with Crippen molar-refractivity contribution < 1.29 is 9.72 Å². The van der Waals surface area contributed by atoms with Crippen LogP contribution in [0, 0.1) is 10.1 Å². The highest BCUT2D eigenvalue weighted by Crippen LogP contribution is 2.18. The minimum atomic E-state index is -0.638. The van der Waals surface area contributed by atoms with Crippen molar-refractivity contribution in [1.29, 1.82) is 0 Å². The number of hydrogen-bond donors (Lipinski definition) is 1. The lowest BCUT2D eigenvalue weighted by Crippen LogP contribution is -2.07. The second kappa shape index (κ2) is 4.70. The lowest BCUT2D eigenvalue weighted by atomic mass is 10.3. The fraction of sp³-hybridized carbons (Fsp3) is 0.250. The second-order valence-corrected chi connectivity index (χ2v) is 3.04. The van der Waals surface area contributed by atoms with Crippen LogP contribution in [-0.2, 0) is 10.7 Å². The molecular formula is C8H8ClN3O3. The molecule has 1 N–H and O–H groups in total. The highest BCUT2D eigenvalue weighted by molar-refractivity contribution is 6.16. The zero-order valence-electron chi connectivity index (χ0n) is 7.86. The average Bonchev–Trinajstić information content (AvgIpc) is 2.16. The standard InChI is InChI=1S/C8H8ClN3O3/c1-5(13)10-6-2-7(4-9)11-8(3-6)12(14)15/h2-3H,4H2,1H3,(H,10,11,13). The van der Waals surface area contributed by atoms with Crippen LogP contribution in [0.2, 0.25) is 0 Å². The van der Waals surface area contributed by atoms with E-state index in [1.165, 1.54) is 19.1 Å². The van der Waals surface area contributed by atoms with Crippen LogP contribution in [-0.4, -0.2) is 15.8 Å². The monoisotopic (exact) mass is 229 g/mol. The van der Waals surface area contributed by atoms with Gasteiger partial charge in [-0.05, 0) is 9.91 Å². The summed E-state index contributed by atoms with van der Waals surface area (Å²) in [6, 6.07) is 2.67. The van der Waals surface area contributed by atoms with Crippen molar-refractivity contribution >= 4 is 29.0 Å². The van der Waals surface area contributed by atoms with Crippen molar-refractivity contribution in [2.45, 2.75) is 12.8 Å². The molecule has 0 radical (unpaired) electrons. The van der Waals surface area contributed by atoms with Crippen molar-refractivity contribution in [3.8, 4) is 0 Å². The minimum Gasteiger partial charge on any atom is -0.358 e. The molecule has 1 aromatic rings. The average molecular weight is 230 g/mol. The van der Waals surface area contributed by atoms with E-state index in [9.17, 15) is 14.9 Å². The first kappa shape index (κ1) is 11.4. The Morgan fingerprint density at radius 3 is 2.80 bits per heavy atom. The SMILES string of the molecule is CC(=O)Nc1cc(CCl)nc([N+](=O)[O-])c1. The number of rotatable bonds is 3. The Labute approximate surface area is 90.4 Å². The highest BCUT2D eigenvalue weighted by atomic mass is 35.5. The Morgan fingerprint density at radius 2 is 2.33 bits per heavy atom. The summed E-state index contributed by atoms with van der Waals surface area (Å²) in [5.41, 5.74) is 0.662. The van der Waals surface area contributed by atoms with Crippen molar-refractivity contribution in [2.24, 2.45) is 0 Å². The number of hydrogen-bond acceptors (Lipinski definition) is 4. The Morgan fingerprint density at radius 1 is 1.67 bits per heavy atom. The van der Waals surface area contributed by atoms with E-state index in [0.29, 0.717) is 11.4 Å². The van der Waals surface area contributed by atoms with E-state index in [0.717, 1.165) is 0 Å². The zero-order chi connectivity index (χ0) is 11.4. The van der Waals surface area contributed by atoms with Crippen LogP contribution < -0.4 is 5.32 Å². The van der Waals surface area contributed by atoms with E-state index in [1.54, 1.807) is 0 Å². The topological polar surface area (TPSA) is 85.1 Å². The second-order valence-electron chi connectivity index (χ2n) is 2.78. The van der Waals surface area contributed by atoms with Crippen LogP contribution in [0.5, 0.6) is 0 Å². The maximum atomic E-state index is 10.8. The number of amides is 1. The lowest BCUT2D eigenvalue weighted by molar-refractivity contribution is -0.389. The quantitative estimate of drug-likeness (QED) is 0.486. The molecule has 0 atom stereocenters. The molecule has 0 saturated heterocycles. The number of carbonyl (C=O) groups excluding carboxylic acids is 1. The van der Waals surface area contributed by atoms with Gasteiger partial charge in [-0.2, -0.15) is 0 Å². The Hall–Kier alpha value is -1.69. The molecule has 0 fully saturated rings. The van der Waals surface area contributed by atoms with Crippen LogP contribution in [0.15, 0.2) is 12.1 Å². The van der Waals surface area contributed by atoms with Crippen LogP contribution >= 0.6 is 11.6 Å². The van der Waals surface area contributed by atoms with Gasteiger partial charge in [-0.15, -0.1) is 11.6 Å². The molecule has 15 heavy (non-hydrogen) atoms. The van der Waals surface area contributed by atoms with Gasteiger partial charge >= 0.3 is 5.82 Å². The molecule has 0 aliphatic carbocycles. The third kappa shape index (κ3) is 3.17. The van der Waals surface area contributed by atoms with Gasteiger partial charge in [0.25, 0.3) is 0 Å². The number of carbonyl (C=O) groups is 1. The number of nitro groups is 1. The normalized spacial score (nSPS) is 9.73. The van der Waals surface area contributed by atoms with E-state index >= 15 is 0 Å². The highest BCUT2D eigenvalue weighted by Gasteiger charge is 2.13. The minimum absolute atomic E-state index is 0.0499. The number of nitrogens with one attached hydrogen (secondary N) is 1. The van der Waals surface area contributed by atoms with Crippen molar-refractivity contribution in [1.82, 2.24) is 4.98 Å². The van der Waals surface area contributed by atoms with E-state index < -0.39 is 4.92 Å². The summed E-state index contributed by atoms with van der Waals surface area (Å²) < 4.78 is 0. The van der Waals surface area contributed by atoms with Gasteiger partial charge in [-0.3, -0.25) is 4.79 Å². The summed E-state index contributed by atoms with van der Waals surface area (Å²) in [5, 5.41) is 12.9. The number of alkyl halides is 1. The summed E-state index contributed by atoms with van der Waals surface area (Å²) in [6.07, 6.45) is 0. The van der Waals surface area contributed by atoms with Crippen LogP contribution in [0.3, 0.4) is 0 Å². The van der Waals surface area contributed by atoms with Crippen molar-refractivity contribution in [3.05, 3.63) is 27.9 Å². The zero-order valence-corrected chi connectivity index (χ0v) is 8.61. The van der Waals surface area contributed by atoms with Crippen LogP contribution in [0.25, 0.3) is 0 Å². The molecule has 6 nitrogen and oxygen atoms in total. The maximum absolute atomic E-state index is 10.8. The molecule has 1 heterocycles. The van der Waals surface area contributed by atoms with Crippen molar-refractivity contribution in [3.63, 3.8) is 0 Å². The third-order valence-electron chi connectivity index (χ3n) is 1.51. The number of nitrogens with zero attached hydrogens (tertiary/aromatic N) is 2. The fourth-order valence-corrected chi connectivity index (χ4v) is 1.15. The Balaban J connectivity index is 3.11. The molecule has 1 rings (SSSR count). The predicted octanol–water partition coefficient (Wildman–Crippen LogP) is 1.69. The van der Waals surface area contributed by atoms with E-state index in [1.807, 2.05) is 0 Å². The van der Waals surface area contributed by atoms with Gasteiger partial charge in [-0.1, -0.05) is 0 Å². The predicted molar refractivity (Wildman–Crippen MR) is 54.8 cm³/mol. The third-order valence-corrected chi connectivity index (χ3v) is 1.78. The summed E-state index contributed by atoms with van der Waals surface area (Å²) in [7, 11) is 0. The first-order valence-corrected chi connectivity index (χ1v) is 4.55. The first-order valence-electron chi connectivity index (χ1n) is 4.02. The number of anilines is 1. The molecule has 0 aliphatic rings. The molecule has 0 spiro atoms. The molecule has 0 saturated carbocycles. The Bertz CT molecular complexity index is 408. The largest absolute Gasteiger partial charge is 0.365 e. The molecule has 0 aliphatic heterocycles. The van der Waals surface area contributed by atoms with Gasteiger partial charge in [0.1, 0.15) is 0 Å². The van der Waals surface area contributed by atoms with Gasteiger partial charge < -0.3 is 15.4 Å². The van der Waals surface area contributed by atoms with Crippen LogP contribution in [0.4, 0.5) is 11.5 Å².